The molecule has 10 heteroatoms. The second-order valence-corrected chi connectivity index (χ2v) is 9.65. The van der Waals surface area contributed by atoms with Crippen LogP contribution >= 0.6 is 11.3 Å². The molecule has 1 aromatic carbocycles. The molecule has 0 aliphatic carbocycles. The molecule has 29 heavy (non-hydrogen) atoms. The smallest absolute Gasteiger partial charge is 0.349 e. The van der Waals surface area contributed by atoms with Gasteiger partial charge in [-0.25, -0.2) is 18.2 Å². The highest BCUT2D eigenvalue weighted by Gasteiger charge is 2.25. The number of thiazole rings is 1. The molecule has 8 nitrogen and oxygen atoms in total. The van der Waals surface area contributed by atoms with Crippen LogP contribution in [0.1, 0.15) is 40.9 Å². The van der Waals surface area contributed by atoms with Gasteiger partial charge in [0.15, 0.2) is 5.13 Å². The molecule has 0 saturated carbocycles. The second kappa shape index (κ2) is 9.47. The monoisotopic (exact) mass is 437 g/mol. The number of methoxy groups -OCH3 is 1. The van der Waals surface area contributed by atoms with Crippen molar-refractivity contribution in [3.8, 4) is 0 Å². The average Bonchev–Trinajstić information content (AvgIpc) is 3.21. The van der Waals surface area contributed by atoms with Gasteiger partial charge in [0.2, 0.25) is 15.9 Å². The molecule has 0 bridgehead atoms. The number of amides is 1. The van der Waals surface area contributed by atoms with Crippen molar-refractivity contribution in [3.05, 3.63) is 40.9 Å². The van der Waals surface area contributed by atoms with Crippen LogP contribution in [0.4, 0.5) is 5.13 Å². The van der Waals surface area contributed by atoms with E-state index in [4.69, 9.17) is 0 Å². The minimum absolute atomic E-state index is 0.214. The number of piperidine rings is 1. The van der Waals surface area contributed by atoms with Crippen LogP contribution in [0.25, 0.3) is 0 Å². The number of sulfonamides is 1. The lowest BCUT2D eigenvalue weighted by Crippen LogP contribution is -2.35. The Morgan fingerprint density at radius 3 is 2.52 bits per heavy atom. The number of aryl methyl sites for hydroxylation is 1. The van der Waals surface area contributed by atoms with Crippen molar-refractivity contribution >= 4 is 38.4 Å². The van der Waals surface area contributed by atoms with Crippen LogP contribution in [0.2, 0.25) is 0 Å². The third kappa shape index (κ3) is 5.40. The third-order valence-electron chi connectivity index (χ3n) is 4.66. The normalized spacial score (nSPS) is 15.1. The Hall–Kier alpha value is -2.30. The van der Waals surface area contributed by atoms with Gasteiger partial charge in [0.1, 0.15) is 4.88 Å². The number of aromatic nitrogens is 1. The second-order valence-electron chi connectivity index (χ2n) is 6.68. The molecule has 0 unspecified atom stereocenters. The summed E-state index contributed by atoms with van der Waals surface area (Å²) in [5.41, 5.74) is 0.868. The summed E-state index contributed by atoms with van der Waals surface area (Å²) in [6.07, 6.45) is 4.89. The summed E-state index contributed by atoms with van der Waals surface area (Å²) in [5, 5.41) is 2.98. The number of benzene rings is 1. The summed E-state index contributed by atoms with van der Waals surface area (Å²) < 4.78 is 31.5. The van der Waals surface area contributed by atoms with Crippen LogP contribution in [0, 0.1) is 0 Å². The highest BCUT2D eigenvalue weighted by Crippen LogP contribution is 2.22. The molecule has 1 aliphatic heterocycles. The van der Waals surface area contributed by atoms with Crippen molar-refractivity contribution in [1.82, 2.24) is 9.29 Å². The van der Waals surface area contributed by atoms with Crippen molar-refractivity contribution in [2.24, 2.45) is 0 Å². The summed E-state index contributed by atoms with van der Waals surface area (Å²) in [6, 6.07) is 6.67. The number of rotatable bonds is 7. The summed E-state index contributed by atoms with van der Waals surface area (Å²) >= 11 is 1.04. The zero-order valence-electron chi connectivity index (χ0n) is 16.1. The molecule has 1 saturated heterocycles. The molecule has 1 fully saturated rings. The molecule has 1 amide bonds. The molecule has 0 radical (unpaired) electrons. The van der Waals surface area contributed by atoms with E-state index in [2.05, 4.69) is 15.0 Å². The number of nitrogens with one attached hydrogen (secondary N) is 1. The first-order valence-electron chi connectivity index (χ1n) is 9.33. The molecule has 156 valence electrons. The molecule has 2 aromatic rings. The fourth-order valence-corrected chi connectivity index (χ4v) is 5.32. The largest absolute Gasteiger partial charge is 0.465 e. The van der Waals surface area contributed by atoms with E-state index in [1.807, 2.05) is 0 Å². The predicted molar refractivity (Wildman–Crippen MR) is 109 cm³/mol. The maximum atomic E-state index is 12.7. The first kappa shape index (κ1) is 21.4. The Bertz CT molecular complexity index is 964. The van der Waals surface area contributed by atoms with Gasteiger partial charge in [-0.3, -0.25) is 4.79 Å². The third-order valence-corrected chi connectivity index (χ3v) is 7.46. The predicted octanol–water partition coefficient (Wildman–Crippen LogP) is 2.68. The van der Waals surface area contributed by atoms with E-state index in [0.29, 0.717) is 29.5 Å². The van der Waals surface area contributed by atoms with Gasteiger partial charge in [0.05, 0.1) is 18.2 Å². The van der Waals surface area contributed by atoms with E-state index < -0.39 is 16.0 Å². The maximum Gasteiger partial charge on any atom is 0.349 e. The molecule has 1 aromatic heterocycles. The van der Waals surface area contributed by atoms with Crippen LogP contribution in [0.15, 0.2) is 35.4 Å². The number of esters is 1. The SMILES string of the molecule is COC(=O)c1cnc(NC(=O)CCc2ccc(S(=O)(=O)N3CCCCC3)cc2)s1. The van der Waals surface area contributed by atoms with Crippen LogP contribution in [-0.4, -0.2) is 49.8 Å². The van der Waals surface area contributed by atoms with E-state index in [9.17, 15) is 18.0 Å². The molecular formula is C19H23N3O5S2. The highest BCUT2D eigenvalue weighted by molar-refractivity contribution is 7.89. The van der Waals surface area contributed by atoms with E-state index in [-0.39, 0.29) is 17.2 Å². The lowest BCUT2D eigenvalue weighted by molar-refractivity contribution is -0.116. The minimum atomic E-state index is -3.45. The Kier molecular flexibility index (Phi) is 6.99. The molecule has 2 heterocycles. The fourth-order valence-electron chi connectivity index (χ4n) is 3.05. The molecule has 3 rings (SSSR count). The lowest BCUT2D eigenvalue weighted by atomic mass is 10.1. The number of nitrogens with zero attached hydrogens (tertiary/aromatic N) is 2. The number of carbonyl (C=O) groups excluding carboxylic acids is 2. The van der Waals surface area contributed by atoms with E-state index in [1.54, 1.807) is 24.3 Å². The molecule has 0 atom stereocenters. The van der Waals surface area contributed by atoms with Crippen LogP contribution < -0.4 is 5.32 Å². The zero-order chi connectivity index (χ0) is 20.9. The van der Waals surface area contributed by atoms with Gasteiger partial charge in [0.25, 0.3) is 0 Å². The summed E-state index contributed by atoms with van der Waals surface area (Å²) in [6.45, 7) is 1.14. The van der Waals surface area contributed by atoms with E-state index >= 15 is 0 Å². The van der Waals surface area contributed by atoms with Crippen molar-refractivity contribution in [3.63, 3.8) is 0 Å². The van der Waals surface area contributed by atoms with Crippen molar-refractivity contribution in [2.45, 2.75) is 37.0 Å². The molecule has 1 aliphatic rings. The highest BCUT2D eigenvalue weighted by atomic mass is 32.2. The maximum absolute atomic E-state index is 12.7. The topological polar surface area (TPSA) is 106 Å². The van der Waals surface area contributed by atoms with Crippen LogP contribution in [0.5, 0.6) is 0 Å². The zero-order valence-corrected chi connectivity index (χ0v) is 17.7. The Labute approximate surface area is 173 Å². The Morgan fingerprint density at radius 2 is 1.86 bits per heavy atom. The van der Waals surface area contributed by atoms with Gasteiger partial charge in [-0.1, -0.05) is 29.9 Å². The van der Waals surface area contributed by atoms with Crippen molar-refractivity contribution in [1.29, 1.82) is 0 Å². The standard InChI is InChI=1S/C19H23N3O5S2/c1-27-18(24)16-13-20-19(28-16)21-17(23)10-7-14-5-8-15(9-6-14)29(25,26)22-11-3-2-4-12-22/h5-6,8-9,13H,2-4,7,10-12H2,1H3,(H,20,21,23). The quantitative estimate of drug-likeness (QED) is 0.668. The first-order chi connectivity index (χ1) is 13.9. The van der Waals surface area contributed by atoms with E-state index in [1.165, 1.54) is 17.6 Å². The summed E-state index contributed by atoms with van der Waals surface area (Å²) in [7, 11) is -2.17. The molecule has 1 N–H and O–H groups in total. The molecule has 0 spiro atoms. The number of carbonyl (C=O) groups is 2. The Balaban J connectivity index is 1.54. The van der Waals surface area contributed by atoms with Crippen molar-refractivity contribution in [2.75, 3.05) is 25.5 Å². The number of anilines is 1. The number of ether oxygens (including phenoxy) is 1. The van der Waals surface area contributed by atoms with E-state index in [0.717, 1.165) is 36.2 Å². The van der Waals surface area contributed by atoms with Gasteiger partial charge in [0, 0.05) is 19.5 Å². The number of hydrogen-bond acceptors (Lipinski definition) is 7. The summed E-state index contributed by atoms with van der Waals surface area (Å²) in [5.74, 6) is -0.733. The van der Waals surface area contributed by atoms with Crippen LogP contribution in [-0.2, 0) is 26.0 Å². The summed E-state index contributed by atoms with van der Waals surface area (Å²) in [4.78, 5) is 28.1. The Morgan fingerprint density at radius 1 is 1.17 bits per heavy atom. The van der Waals surface area contributed by atoms with Gasteiger partial charge in [-0.2, -0.15) is 4.31 Å². The fraction of sp³-hybridized carbons (Fsp3) is 0.421. The first-order valence-corrected chi connectivity index (χ1v) is 11.6. The lowest BCUT2D eigenvalue weighted by Gasteiger charge is -2.25. The van der Waals surface area contributed by atoms with Crippen LogP contribution in [0.3, 0.4) is 0 Å². The van der Waals surface area contributed by atoms with Gasteiger partial charge in [-0.15, -0.1) is 0 Å². The van der Waals surface area contributed by atoms with Gasteiger partial charge in [-0.05, 0) is 37.0 Å². The van der Waals surface area contributed by atoms with Gasteiger partial charge >= 0.3 is 5.97 Å². The van der Waals surface area contributed by atoms with Crippen molar-refractivity contribution < 1.29 is 22.7 Å². The number of hydrogen-bond donors (Lipinski definition) is 1. The minimum Gasteiger partial charge on any atom is -0.465 e. The molecular weight excluding hydrogens is 414 g/mol. The average molecular weight is 438 g/mol. The van der Waals surface area contributed by atoms with Gasteiger partial charge < -0.3 is 10.1 Å².